The van der Waals surface area contributed by atoms with Crippen molar-refractivity contribution in [3.63, 3.8) is 0 Å². The van der Waals surface area contributed by atoms with Gasteiger partial charge < -0.3 is 15.4 Å². The molecule has 2 rings (SSSR count). The van der Waals surface area contributed by atoms with Gasteiger partial charge in [0.1, 0.15) is 5.75 Å². The number of anilines is 2. The van der Waals surface area contributed by atoms with Crippen LogP contribution >= 0.6 is 39.9 Å². The SMILES string of the molecule is COc1ccc(NC(=O)CSCC(=O)NNC(=S)Nc2cccc(Br)c2)cc1. The van der Waals surface area contributed by atoms with Gasteiger partial charge in [-0.25, -0.2) is 0 Å². The summed E-state index contributed by atoms with van der Waals surface area (Å²) in [5.74, 6) is 0.496. The van der Waals surface area contributed by atoms with Gasteiger partial charge >= 0.3 is 0 Å². The standard InChI is InChI=1S/C18H19BrN4O3S2/c1-26-15-7-5-13(6-8-15)20-16(24)10-28-11-17(25)22-23-18(27)21-14-4-2-3-12(19)9-14/h2-9H,10-11H2,1H3,(H,20,24)(H,22,25)(H2,21,23,27). The molecule has 0 saturated carbocycles. The summed E-state index contributed by atoms with van der Waals surface area (Å²) in [6, 6.07) is 14.5. The van der Waals surface area contributed by atoms with E-state index in [2.05, 4.69) is 37.4 Å². The highest BCUT2D eigenvalue weighted by molar-refractivity contribution is 9.10. The summed E-state index contributed by atoms with van der Waals surface area (Å²) >= 11 is 9.67. The lowest BCUT2D eigenvalue weighted by Crippen LogP contribution is -2.44. The summed E-state index contributed by atoms with van der Waals surface area (Å²) in [5.41, 5.74) is 6.55. The molecule has 2 aromatic rings. The number of ether oxygens (including phenoxy) is 1. The average Bonchev–Trinajstić information content (AvgIpc) is 2.67. The van der Waals surface area contributed by atoms with Crippen LogP contribution in [-0.2, 0) is 9.59 Å². The maximum Gasteiger partial charge on any atom is 0.248 e. The fourth-order valence-corrected chi connectivity index (χ4v) is 3.18. The van der Waals surface area contributed by atoms with Crippen molar-refractivity contribution in [2.75, 3.05) is 29.2 Å². The molecule has 0 heterocycles. The van der Waals surface area contributed by atoms with Crippen molar-refractivity contribution in [1.29, 1.82) is 0 Å². The van der Waals surface area contributed by atoms with Gasteiger partial charge in [-0.05, 0) is 54.7 Å². The molecule has 2 aromatic carbocycles. The first-order valence-corrected chi connectivity index (χ1v) is 10.4. The lowest BCUT2D eigenvalue weighted by atomic mass is 10.3. The molecule has 0 saturated heterocycles. The van der Waals surface area contributed by atoms with Gasteiger partial charge in [-0.2, -0.15) is 0 Å². The second-order valence-corrected chi connectivity index (χ2v) is 7.72. The Bertz CT molecular complexity index is 834. The van der Waals surface area contributed by atoms with E-state index < -0.39 is 0 Å². The van der Waals surface area contributed by atoms with Crippen LogP contribution in [0.1, 0.15) is 0 Å². The van der Waals surface area contributed by atoms with Crippen molar-refractivity contribution in [3.05, 3.63) is 53.0 Å². The quantitative estimate of drug-likeness (QED) is 0.355. The molecule has 2 amide bonds. The number of amides is 2. The molecule has 0 fully saturated rings. The molecule has 4 N–H and O–H groups in total. The maximum atomic E-state index is 11.9. The van der Waals surface area contributed by atoms with E-state index in [1.165, 1.54) is 11.8 Å². The molecule has 0 aliphatic carbocycles. The lowest BCUT2D eigenvalue weighted by molar-refractivity contribution is -0.119. The molecule has 0 aromatic heterocycles. The van der Waals surface area contributed by atoms with Crippen molar-refractivity contribution >= 4 is 68.2 Å². The molecule has 0 atom stereocenters. The summed E-state index contributed by atoms with van der Waals surface area (Å²) in [6.45, 7) is 0. The number of carbonyl (C=O) groups is 2. The van der Waals surface area contributed by atoms with Gasteiger partial charge in [-0.1, -0.05) is 22.0 Å². The van der Waals surface area contributed by atoms with Crippen molar-refractivity contribution in [2.45, 2.75) is 0 Å². The molecule has 28 heavy (non-hydrogen) atoms. The second kappa shape index (κ2) is 11.5. The third kappa shape index (κ3) is 8.15. The Labute approximate surface area is 181 Å². The molecule has 0 aliphatic heterocycles. The zero-order valence-electron chi connectivity index (χ0n) is 15.0. The second-order valence-electron chi connectivity index (χ2n) is 5.41. The first-order valence-electron chi connectivity index (χ1n) is 8.09. The van der Waals surface area contributed by atoms with Crippen molar-refractivity contribution in [1.82, 2.24) is 10.9 Å². The highest BCUT2D eigenvalue weighted by Crippen LogP contribution is 2.16. The van der Waals surface area contributed by atoms with Gasteiger partial charge in [-0.3, -0.25) is 20.4 Å². The lowest BCUT2D eigenvalue weighted by Gasteiger charge is -2.11. The summed E-state index contributed by atoms with van der Waals surface area (Å²) in [5, 5.41) is 5.95. The fourth-order valence-electron chi connectivity index (χ4n) is 2.00. The average molecular weight is 483 g/mol. The predicted molar refractivity (Wildman–Crippen MR) is 121 cm³/mol. The van der Waals surface area contributed by atoms with Crippen molar-refractivity contribution in [2.24, 2.45) is 0 Å². The molecule has 0 unspecified atom stereocenters. The number of nitrogens with one attached hydrogen (secondary N) is 4. The van der Waals surface area contributed by atoms with Crippen molar-refractivity contribution < 1.29 is 14.3 Å². The van der Waals surface area contributed by atoms with Gasteiger partial charge in [0.2, 0.25) is 11.8 Å². The molecular formula is C18H19BrN4O3S2. The molecular weight excluding hydrogens is 464 g/mol. The topological polar surface area (TPSA) is 91.5 Å². The zero-order chi connectivity index (χ0) is 20.4. The van der Waals surface area contributed by atoms with Crippen LogP contribution in [0, 0.1) is 0 Å². The first kappa shape index (κ1) is 22.0. The van der Waals surface area contributed by atoms with E-state index in [-0.39, 0.29) is 28.4 Å². The highest BCUT2D eigenvalue weighted by Gasteiger charge is 2.07. The van der Waals surface area contributed by atoms with Gasteiger partial charge in [0.05, 0.1) is 18.6 Å². The Morgan fingerprint density at radius 2 is 1.71 bits per heavy atom. The summed E-state index contributed by atoms with van der Waals surface area (Å²) in [7, 11) is 1.58. The summed E-state index contributed by atoms with van der Waals surface area (Å²) in [4.78, 5) is 23.7. The molecule has 10 heteroatoms. The molecule has 0 aliphatic rings. The van der Waals surface area contributed by atoms with Crippen LogP contribution in [0.3, 0.4) is 0 Å². The minimum atomic E-state index is -0.291. The Morgan fingerprint density at radius 3 is 2.39 bits per heavy atom. The van der Waals surface area contributed by atoms with E-state index in [9.17, 15) is 9.59 Å². The summed E-state index contributed by atoms with van der Waals surface area (Å²) in [6.07, 6.45) is 0. The molecule has 7 nitrogen and oxygen atoms in total. The minimum absolute atomic E-state index is 0.114. The number of hydrogen-bond donors (Lipinski definition) is 4. The normalized spacial score (nSPS) is 9.93. The number of methoxy groups -OCH3 is 1. The number of thioether (sulfide) groups is 1. The number of hydrazine groups is 1. The van der Waals surface area contributed by atoms with Crippen LogP contribution in [0.15, 0.2) is 53.0 Å². The largest absolute Gasteiger partial charge is 0.497 e. The zero-order valence-corrected chi connectivity index (χ0v) is 18.2. The third-order valence-corrected chi connectivity index (χ3v) is 4.87. The maximum absolute atomic E-state index is 11.9. The van der Waals surface area contributed by atoms with E-state index in [1.54, 1.807) is 31.4 Å². The molecule has 148 valence electrons. The Kier molecular flexibility index (Phi) is 9.05. The Hall–Kier alpha value is -2.30. The van der Waals surface area contributed by atoms with Gasteiger partial charge in [0.15, 0.2) is 5.11 Å². The monoisotopic (exact) mass is 482 g/mol. The number of rotatable bonds is 7. The van der Waals surface area contributed by atoms with Crippen LogP contribution in [0.25, 0.3) is 0 Å². The Morgan fingerprint density at radius 1 is 1.00 bits per heavy atom. The number of thiocarbonyl (C=S) groups is 1. The van der Waals surface area contributed by atoms with Crippen molar-refractivity contribution in [3.8, 4) is 5.75 Å². The van der Waals surface area contributed by atoms with Gasteiger partial charge in [0.25, 0.3) is 0 Å². The van der Waals surface area contributed by atoms with Crippen LogP contribution in [-0.4, -0.2) is 35.5 Å². The van der Waals surface area contributed by atoms with E-state index in [4.69, 9.17) is 17.0 Å². The fraction of sp³-hybridized carbons (Fsp3) is 0.167. The van der Waals surface area contributed by atoms with Crippen LogP contribution in [0.4, 0.5) is 11.4 Å². The highest BCUT2D eigenvalue weighted by atomic mass is 79.9. The van der Waals surface area contributed by atoms with Gasteiger partial charge in [0, 0.05) is 15.8 Å². The third-order valence-electron chi connectivity index (χ3n) is 3.24. The van der Waals surface area contributed by atoms with Crippen LogP contribution in [0.5, 0.6) is 5.75 Å². The number of halogens is 1. The first-order chi connectivity index (χ1) is 13.5. The van der Waals surface area contributed by atoms with Gasteiger partial charge in [-0.15, -0.1) is 11.8 Å². The molecule has 0 bridgehead atoms. The summed E-state index contributed by atoms with van der Waals surface area (Å²) < 4.78 is 5.97. The van der Waals surface area contributed by atoms with E-state index >= 15 is 0 Å². The molecule has 0 radical (unpaired) electrons. The van der Waals surface area contributed by atoms with Crippen LogP contribution < -0.4 is 26.2 Å². The number of carbonyl (C=O) groups excluding carboxylic acids is 2. The number of benzene rings is 2. The predicted octanol–water partition coefficient (Wildman–Crippen LogP) is 3.15. The van der Waals surface area contributed by atoms with Crippen LogP contribution in [0.2, 0.25) is 0 Å². The smallest absolute Gasteiger partial charge is 0.248 e. The molecule has 0 spiro atoms. The van der Waals surface area contributed by atoms with E-state index in [1.807, 2.05) is 24.3 Å². The Balaban J connectivity index is 1.62. The van der Waals surface area contributed by atoms with E-state index in [0.717, 1.165) is 10.2 Å². The number of hydrogen-bond acceptors (Lipinski definition) is 5. The van der Waals surface area contributed by atoms with E-state index in [0.29, 0.717) is 11.4 Å². The minimum Gasteiger partial charge on any atom is -0.497 e.